The molecule has 1 nitrogen and oxygen atoms in total. The number of pyridine rings is 1. The second-order valence-corrected chi connectivity index (χ2v) is 5.01. The second-order valence-electron chi connectivity index (χ2n) is 3.84. The van der Waals surface area contributed by atoms with Crippen LogP contribution in [-0.4, -0.2) is 4.98 Å². The third kappa shape index (κ3) is 2.49. The van der Waals surface area contributed by atoms with Crippen molar-refractivity contribution in [3.8, 4) is 0 Å². The number of nitrogens with zero attached hydrogens (tertiary/aromatic N) is 1. The van der Waals surface area contributed by atoms with E-state index in [1.807, 2.05) is 20.8 Å². The minimum absolute atomic E-state index is 0.120. The minimum Gasteiger partial charge on any atom is -0.237 e. The molecule has 0 atom stereocenters. The molecular weight excluding hydrogens is 228 g/mol. The van der Waals surface area contributed by atoms with Gasteiger partial charge in [0, 0.05) is 5.41 Å². The number of aromatic nitrogens is 1. The number of halogens is 3. The maximum Gasteiger partial charge on any atom is 0.148 e. The van der Waals surface area contributed by atoms with E-state index in [0.717, 1.165) is 5.69 Å². The number of hydrogen-bond donors (Lipinski definition) is 0. The fourth-order valence-electron chi connectivity index (χ4n) is 0.970. The molecule has 1 heterocycles. The Bertz CT molecular complexity index is 328. The molecule has 1 aromatic heterocycles. The molecule has 72 valence electrons. The van der Waals surface area contributed by atoms with Crippen molar-refractivity contribution in [3.63, 3.8) is 0 Å². The van der Waals surface area contributed by atoms with Gasteiger partial charge >= 0.3 is 0 Å². The third-order valence-corrected chi connectivity index (χ3v) is 2.56. The van der Waals surface area contributed by atoms with Gasteiger partial charge in [-0.1, -0.05) is 55.6 Å². The Morgan fingerprint density at radius 3 is 2.08 bits per heavy atom. The lowest BCUT2D eigenvalue weighted by Gasteiger charge is -2.19. The Morgan fingerprint density at radius 2 is 1.62 bits per heavy atom. The first-order valence-corrected chi connectivity index (χ1v) is 4.98. The highest BCUT2D eigenvalue weighted by molar-refractivity contribution is 6.42. The molecule has 1 aromatic rings. The summed E-state index contributed by atoms with van der Waals surface area (Å²) in [5, 5.41) is 1.25. The first-order chi connectivity index (χ1) is 5.82. The van der Waals surface area contributed by atoms with E-state index >= 15 is 0 Å². The molecule has 0 unspecified atom stereocenters. The molecule has 0 saturated carbocycles. The fraction of sp³-hybridized carbons (Fsp3) is 0.444. The lowest BCUT2D eigenvalue weighted by Crippen LogP contribution is -2.14. The highest BCUT2D eigenvalue weighted by atomic mass is 35.5. The molecule has 0 amide bonds. The van der Waals surface area contributed by atoms with Crippen molar-refractivity contribution in [1.29, 1.82) is 0 Å². The predicted molar refractivity (Wildman–Crippen MR) is 58.0 cm³/mol. The zero-order valence-corrected chi connectivity index (χ0v) is 9.93. The van der Waals surface area contributed by atoms with E-state index in [2.05, 4.69) is 4.98 Å². The van der Waals surface area contributed by atoms with Gasteiger partial charge in [-0.05, 0) is 6.07 Å². The quantitative estimate of drug-likeness (QED) is 0.613. The molecule has 0 spiro atoms. The zero-order valence-electron chi connectivity index (χ0n) is 7.66. The first kappa shape index (κ1) is 11.1. The van der Waals surface area contributed by atoms with Gasteiger partial charge in [-0.2, -0.15) is 0 Å². The fourth-order valence-corrected chi connectivity index (χ4v) is 1.75. The van der Waals surface area contributed by atoms with Gasteiger partial charge < -0.3 is 0 Å². The van der Waals surface area contributed by atoms with Gasteiger partial charge in [0.05, 0.1) is 15.7 Å². The van der Waals surface area contributed by atoms with Crippen LogP contribution in [0.2, 0.25) is 15.2 Å². The van der Waals surface area contributed by atoms with Crippen molar-refractivity contribution >= 4 is 34.8 Å². The molecular formula is C9H10Cl3N. The van der Waals surface area contributed by atoms with Crippen LogP contribution < -0.4 is 0 Å². The van der Waals surface area contributed by atoms with Crippen LogP contribution in [-0.2, 0) is 5.41 Å². The summed E-state index contributed by atoms with van der Waals surface area (Å²) in [7, 11) is 0. The largest absolute Gasteiger partial charge is 0.237 e. The molecule has 0 aliphatic carbocycles. The van der Waals surface area contributed by atoms with Crippen molar-refractivity contribution in [2.75, 3.05) is 0 Å². The van der Waals surface area contributed by atoms with Crippen molar-refractivity contribution < 1.29 is 0 Å². The van der Waals surface area contributed by atoms with E-state index in [1.165, 1.54) is 0 Å². The van der Waals surface area contributed by atoms with Crippen molar-refractivity contribution in [3.05, 3.63) is 27.0 Å². The summed E-state index contributed by atoms with van der Waals surface area (Å²) in [6.45, 7) is 6.06. The van der Waals surface area contributed by atoms with E-state index < -0.39 is 0 Å². The molecule has 13 heavy (non-hydrogen) atoms. The van der Waals surface area contributed by atoms with Gasteiger partial charge in [-0.15, -0.1) is 0 Å². The topological polar surface area (TPSA) is 12.9 Å². The van der Waals surface area contributed by atoms with Gasteiger partial charge in [-0.3, -0.25) is 0 Å². The Kier molecular flexibility index (Phi) is 3.11. The molecule has 0 fully saturated rings. The highest BCUT2D eigenvalue weighted by Gasteiger charge is 2.20. The van der Waals surface area contributed by atoms with Crippen LogP contribution in [0.25, 0.3) is 0 Å². The summed E-state index contributed by atoms with van der Waals surface area (Å²) >= 11 is 17.5. The van der Waals surface area contributed by atoms with Crippen molar-refractivity contribution in [2.24, 2.45) is 0 Å². The zero-order chi connectivity index (χ0) is 10.2. The van der Waals surface area contributed by atoms with Gasteiger partial charge in [0.25, 0.3) is 0 Å². The smallest absolute Gasteiger partial charge is 0.148 e. The molecule has 0 saturated heterocycles. The van der Waals surface area contributed by atoms with Gasteiger partial charge in [0.15, 0.2) is 0 Å². The Hall–Kier alpha value is 0.0200. The summed E-state index contributed by atoms with van der Waals surface area (Å²) < 4.78 is 0. The SMILES string of the molecule is CC(C)(C)c1nc(Cl)c(Cl)cc1Cl. The van der Waals surface area contributed by atoms with Gasteiger partial charge in [-0.25, -0.2) is 4.98 Å². The summed E-state index contributed by atoms with van der Waals surface area (Å²) in [6.07, 6.45) is 0. The van der Waals surface area contributed by atoms with Crippen LogP contribution in [0.3, 0.4) is 0 Å². The minimum atomic E-state index is -0.120. The average molecular weight is 239 g/mol. The summed E-state index contributed by atoms with van der Waals surface area (Å²) in [5.74, 6) is 0. The lowest BCUT2D eigenvalue weighted by molar-refractivity contribution is 0.569. The number of rotatable bonds is 0. The molecule has 4 heteroatoms. The van der Waals surface area contributed by atoms with Crippen LogP contribution in [0.4, 0.5) is 0 Å². The van der Waals surface area contributed by atoms with Crippen LogP contribution >= 0.6 is 34.8 Å². The Morgan fingerprint density at radius 1 is 1.08 bits per heavy atom. The molecule has 0 aliphatic rings. The van der Waals surface area contributed by atoms with E-state index in [0.29, 0.717) is 15.2 Å². The van der Waals surface area contributed by atoms with E-state index in [-0.39, 0.29) is 5.41 Å². The first-order valence-electron chi connectivity index (χ1n) is 3.84. The monoisotopic (exact) mass is 237 g/mol. The van der Waals surface area contributed by atoms with Crippen molar-refractivity contribution in [1.82, 2.24) is 4.98 Å². The molecule has 0 aromatic carbocycles. The van der Waals surface area contributed by atoms with Crippen LogP contribution in [0.15, 0.2) is 6.07 Å². The molecule has 0 aliphatic heterocycles. The standard InChI is InChI=1S/C9H10Cl3N/c1-9(2,3)7-5(10)4-6(11)8(12)13-7/h4H,1-3H3. The summed E-state index contributed by atoms with van der Waals surface area (Å²) in [5.41, 5.74) is 0.647. The Labute approximate surface area is 93.0 Å². The van der Waals surface area contributed by atoms with Crippen molar-refractivity contribution in [2.45, 2.75) is 26.2 Å². The highest BCUT2D eigenvalue weighted by Crippen LogP contribution is 2.32. The second kappa shape index (κ2) is 3.64. The van der Waals surface area contributed by atoms with Crippen LogP contribution in [0.1, 0.15) is 26.5 Å². The van der Waals surface area contributed by atoms with E-state index in [1.54, 1.807) is 6.07 Å². The molecule has 1 rings (SSSR count). The maximum atomic E-state index is 5.98. The van der Waals surface area contributed by atoms with E-state index in [4.69, 9.17) is 34.8 Å². The maximum absolute atomic E-state index is 5.98. The average Bonchev–Trinajstić information content (AvgIpc) is 1.94. The normalized spacial score (nSPS) is 11.8. The van der Waals surface area contributed by atoms with Crippen LogP contribution in [0.5, 0.6) is 0 Å². The van der Waals surface area contributed by atoms with Crippen LogP contribution in [0, 0.1) is 0 Å². The predicted octanol–water partition coefficient (Wildman–Crippen LogP) is 4.34. The van der Waals surface area contributed by atoms with Gasteiger partial charge in [0.2, 0.25) is 0 Å². The molecule has 0 radical (unpaired) electrons. The summed E-state index contributed by atoms with van der Waals surface area (Å²) in [6, 6.07) is 1.62. The van der Waals surface area contributed by atoms with Gasteiger partial charge in [0.1, 0.15) is 5.15 Å². The lowest BCUT2D eigenvalue weighted by atomic mass is 9.92. The molecule has 0 bridgehead atoms. The number of hydrogen-bond acceptors (Lipinski definition) is 1. The third-order valence-electron chi connectivity index (χ3n) is 1.60. The summed E-state index contributed by atoms with van der Waals surface area (Å²) in [4.78, 5) is 4.15. The Balaban J connectivity index is 3.32. The van der Waals surface area contributed by atoms with E-state index in [9.17, 15) is 0 Å². The molecule has 0 N–H and O–H groups in total.